The SMILES string of the molecule is CCC(C)C(NC(=O)Nc1ccc(C#N)cc1)C(=O)Nc1nnc(-c2cccc(OC)c2)s1. The van der Waals surface area contributed by atoms with Crippen LogP contribution in [0.25, 0.3) is 10.6 Å². The summed E-state index contributed by atoms with van der Waals surface area (Å²) in [5.41, 5.74) is 1.83. The highest BCUT2D eigenvalue weighted by atomic mass is 32.1. The predicted octanol–water partition coefficient (Wildman–Crippen LogP) is 4.26. The van der Waals surface area contributed by atoms with Crippen molar-refractivity contribution < 1.29 is 14.3 Å². The van der Waals surface area contributed by atoms with Gasteiger partial charge in [-0.05, 0) is 42.3 Å². The molecule has 1 aromatic heterocycles. The molecule has 1 heterocycles. The van der Waals surface area contributed by atoms with Crippen LogP contribution in [0, 0.1) is 17.2 Å². The highest BCUT2D eigenvalue weighted by Crippen LogP contribution is 2.29. The summed E-state index contributed by atoms with van der Waals surface area (Å²) < 4.78 is 5.24. The summed E-state index contributed by atoms with van der Waals surface area (Å²) in [6.45, 7) is 3.82. The molecule has 3 amide bonds. The number of benzene rings is 2. The third kappa shape index (κ3) is 6.27. The number of carbonyl (C=O) groups is 2. The molecule has 0 saturated carbocycles. The van der Waals surface area contributed by atoms with Crippen molar-refractivity contribution in [2.75, 3.05) is 17.7 Å². The van der Waals surface area contributed by atoms with Crippen molar-refractivity contribution in [2.24, 2.45) is 5.92 Å². The summed E-state index contributed by atoms with van der Waals surface area (Å²) in [5.74, 6) is 0.192. The van der Waals surface area contributed by atoms with Crippen LogP contribution in [-0.2, 0) is 4.79 Å². The zero-order valence-electron chi connectivity index (χ0n) is 18.5. The molecule has 3 rings (SSSR count). The maximum absolute atomic E-state index is 13.0. The van der Waals surface area contributed by atoms with Crippen molar-refractivity contribution >= 4 is 34.1 Å². The Labute approximate surface area is 195 Å². The van der Waals surface area contributed by atoms with Crippen LogP contribution >= 0.6 is 11.3 Å². The number of hydrogen-bond donors (Lipinski definition) is 3. The molecule has 2 unspecified atom stereocenters. The van der Waals surface area contributed by atoms with Gasteiger partial charge in [-0.15, -0.1) is 10.2 Å². The quantitative estimate of drug-likeness (QED) is 0.457. The van der Waals surface area contributed by atoms with Gasteiger partial charge in [-0.25, -0.2) is 4.79 Å². The smallest absolute Gasteiger partial charge is 0.319 e. The molecule has 0 fully saturated rings. The Morgan fingerprint density at radius 2 is 1.91 bits per heavy atom. The summed E-state index contributed by atoms with van der Waals surface area (Å²) >= 11 is 1.23. The number of rotatable bonds is 8. The molecule has 2 atom stereocenters. The Hall–Kier alpha value is -3.97. The topological polar surface area (TPSA) is 129 Å². The van der Waals surface area contributed by atoms with Crippen LogP contribution in [0.4, 0.5) is 15.6 Å². The summed E-state index contributed by atoms with van der Waals surface area (Å²) in [5, 5.41) is 26.2. The number of nitrogens with one attached hydrogen (secondary N) is 3. The van der Waals surface area contributed by atoms with E-state index >= 15 is 0 Å². The minimum absolute atomic E-state index is 0.123. The Balaban J connectivity index is 1.67. The first-order valence-corrected chi connectivity index (χ1v) is 11.1. The summed E-state index contributed by atoms with van der Waals surface area (Å²) in [7, 11) is 1.59. The van der Waals surface area contributed by atoms with E-state index in [0.29, 0.717) is 33.6 Å². The third-order valence-corrected chi connectivity index (χ3v) is 5.91. The van der Waals surface area contributed by atoms with Gasteiger partial charge >= 0.3 is 6.03 Å². The molecule has 3 aromatic rings. The number of amides is 3. The van der Waals surface area contributed by atoms with Gasteiger partial charge in [0.2, 0.25) is 11.0 Å². The molecule has 9 nitrogen and oxygen atoms in total. The lowest BCUT2D eigenvalue weighted by atomic mass is 9.98. The predicted molar refractivity (Wildman–Crippen MR) is 127 cm³/mol. The molecule has 170 valence electrons. The van der Waals surface area contributed by atoms with Crippen LogP contribution < -0.4 is 20.7 Å². The van der Waals surface area contributed by atoms with Gasteiger partial charge in [-0.1, -0.05) is 43.7 Å². The van der Waals surface area contributed by atoms with Gasteiger partial charge in [0.05, 0.1) is 18.7 Å². The molecule has 0 spiro atoms. The van der Waals surface area contributed by atoms with Gasteiger partial charge in [0, 0.05) is 11.3 Å². The largest absolute Gasteiger partial charge is 0.497 e. The summed E-state index contributed by atoms with van der Waals surface area (Å²) in [6.07, 6.45) is 0.681. The Bertz CT molecular complexity index is 1160. The number of carbonyl (C=O) groups excluding carboxylic acids is 2. The van der Waals surface area contributed by atoms with Crippen LogP contribution in [0.2, 0.25) is 0 Å². The minimum Gasteiger partial charge on any atom is -0.497 e. The van der Waals surface area contributed by atoms with E-state index in [2.05, 4.69) is 26.1 Å². The van der Waals surface area contributed by atoms with E-state index < -0.39 is 12.1 Å². The molecular weight excluding hydrogens is 440 g/mol. The molecule has 0 aliphatic heterocycles. The third-order valence-electron chi connectivity index (χ3n) is 5.03. The monoisotopic (exact) mass is 464 g/mol. The average molecular weight is 465 g/mol. The number of nitriles is 1. The van der Waals surface area contributed by atoms with E-state index in [4.69, 9.17) is 10.00 Å². The van der Waals surface area contributed by atoms with Crippen molar-refractivity contribution in [3.05, 3.63) is 54.1 Å². The standard InChI is InChI=1S/C23H24N6O3S/c1-4-14(2)19(26-22(31)25-17-10-8-15(13-24)9-11-17)20(30)27-23-29-28-21(33-23)16-6-5-7-18(12-16)32-3/h5-12,14,19H,4H2,1-3H3,(H2,25,26,31)(H,27,29,30). The molecule has 0 bridgehead atoms. The molecular formula is C23H24N6O3S. The molecule has 0 aliphatic carbocycles. The van der Waals surface area contributed by atoms with Crippen LogP contribution in [0.5, 0.6) is 5.75 Å². The molecule has 0 radical (unpaired) electrons. The molecule has 3 N–H and O–H groups in total. The zero-order valence-corrected chi connectivity index (χ0v) is 19.3. The summed E-state index contributed by atoms with van der Waals surface area (Å²) in [6, 6.07) is 14.6. The van der Waals surface area contributed by atoms with E-state index in [1.54, 1.807) is 31.4 Å². The maximum Gasteiger partial charge on any atom is 0.319 e. The summed E-state index contributed by atoms with van der Waals surface area (Å²) in [4.78, 5) is 25.5. The second-order valence-corrected chi connectivity index (χ2v) is 8.26. The Kier molecular flexibility index (Phi) is 7.94. The van der Waals surface area contributed by atoms with Gasteiger partial charge in [0.15, 0.2) is 0 Å². The van der Waals surface area contributed by atoms with Gasteiger partial charge in [-0.3, -0.25) is 10.1 Å². The lowest BCUT2D eigenvalue weighted by Gasteiger charge is -2.23. The first-order chi connectivity index (χ1) is 15.9. The van der Waals surface area contributed by atoms with Crippen molar-refractivity contribution in [2.45, 2.75) is 26.3 Å². The fourth-order valence-electron chi connectivity index (χ4n) is 2.97. The first-order valence-electron chi connectivity index (χ1n) is 10.3. The maximum atomic E-state index is 13.0. The molecule has 0 saturated heterocycles. The number of methoxy groups -OCH3 is 1. The van der Waals surface area contributed by atoms with Gasteiger partial charge in [0.1, 0.15) is 16.8 Å². The highest BCUT2D eigenvalue weighted by molar-refractivity contribution is 7.18. The van der Waals surface area contributed by atoms with E-state index in [1.165, 1.54) is 11.3 Å². The van der Waals surface area contributed by atoms with Gasteiger partial charge in [-0.2, -0.15) is 5.26 Å². The minimum atomic E-state index is -0.780. The van der Waals surface area contributed by atoms with E-state index in [9.17, 15) is 9.59 Å². The van der Waals surface area contributed by atoms with Gasteiger partial charge < -0.3 is 15.4 Å². The second-order valence-electron chi connectivity index (χ2n) is 7.28. The van der Waals surface area contributed by atoms with Crippen LogP contribution in [-0.4, -0.2) is 35.3 Å². The highest BCUT2D eigenvalue weighted by Gasteiger charge is 2.27. The fourth-order valence-corrected chi connectivity index (χ4v) is 3.71. The molecule has 0 aliphatic rings. The number of hydrogen-bond acceptors (Lipinski definition) is 7. The van der Waals surface area contributed by atoms with Crippen molar-refractivity contribution in [3.8, 4) is 22.4 Å². The number of anilines is 2. The van der Waals surface area contributed by atoms with Crippen LogP contribution in [0.15, 0.2) is 48.5 Å². The lowest BCUT2D eigenvalue weighted by Crippen LogP contribution is -2.49. The van der Waals surface area contributed by atoms with E-state index in [-0.39, 0.29) is 11.8 Å². The average Bonchev–Trinajstić information content (AvgIpc) is 3.31. The van der Waals surface area contributed by atoms with Crippen molar-refractivity contribution in [1.29, 1.82) is 5.26 Å². The molecule has 10 heteroatoms. The lowest BCUT2D eigenvalue weighted by molar-refractivity contribution is -0.119. The number of aromatic nitrogens is 2. The normalized spacial score (nSPS) is 12.2. The van der Waals surface area contributed by atoms with Crippen LogP contribution in [0.3, 0.4) is 0 Å². The number of urea groups is 1. The van der Waals surface area contributed by atoms with Crippen molar-refractivity contribution in [3.63, 3.8) is 0 Å². The van der Waals surface area contributed by atoms with Crippen molar-refractivity contribution in [1.82, 2.24) is 15.5 Å². The fraction of sp³-hybridized carbons (Fsp3) is 0.261. The molecule has 33 heavy (non-hydrogen) atoms. The van der Waals surface area contributed by atoms with E-state index in [0.717, 1.165) is 5.56 Å². The zero-order chi connectivity index (χ0) is 23.8. The second kappa shape index (κ2) is 11.1. The van der Waals surface area contributed by atoms with Gasteiger partial charge in [0.25, 0.3) is 0 Å². The Morgan fingerprint density at radius 1 is 1.15 bits per heavy atom. The van der Waals surface area contributed by atoms with Crippen LogP contribution in [0.1, 0.15) is 25.8 Å². The number of nitrogens with zero attached hydrogens (tertiary/aromatic N) is 3. The molecule has 2 aromatic carbocycles. The Morgan fingerprint density at radius 3 is 2.58 bits per heavy atom. The number of ether oxygens (including phenoxy) is 1. The first kappa shape index (κ1) is 23.7. The van der Waals surface area contributed by atoms with E-state index in [1.807, 2.05) is 44.2 Å².